The molecule has 1 spiro atoms. The summed E-state index contributed by atoms with van der Waals surface area (Å²) in [6.07, 6.45) is 9.78. The number of nitrogens with two attached hydrogens (primary N) is 1. The van der Waals surface area contributed by atoms with Gasteiger partial charge in [-0.05, 0) is 61.7 Å². The highest BCUT2D eigenvalue weighted by atomic mass is 16.5. The van der Waals surface area contributed by atoms with Crippen molar-refractivity contribution in [1.82, 2.24) is 0 Å². The van der Waals surface area contributed by atoms with E-state index in [4.69, 9.17) is 10.5 Å². The van der Waals surface area contributed by atoms with Gasteiger partial charge in [-0.1, -0.05) is 6.42 Å². The molecule has 16 heavy (non-hydrogen) atoms. The smallest absolute Gasteiger partial charge is 0.0490 e. The van der Waals surface area contributed by atoms with Crippen LogP contribution in [0, 0.1) is 23.2 Å². The topological polar surface area (TPSA) is 35.2 Å². The van der Waals surface area contributed by atoms with E-state index in [0.717, 1.165) is 24.4 Å². The van der Waals surface area contributed by atoms with Crippen LogP contribution >= 0.6 is 0 Å². The Hall–Kier alpha value is -0.0800. The fourth-order valence-corrected chi connectivity index (χ4v) is 5.12. The predicted molar refractivity (Wildman–Crippen MR) is 65.1 cm³/mol. The van der Waals surface area contributed by atoms with Crippen molar-refractivity contribution in [2.75, 3.05) is 13.7 Å². The summed E-state index contributed by atoms with van der Waals surface area (Å²) in [4.78, 5) is 0. The SMILES string of the molecule is COCC1CCC[C@@]2(C1)[C@H]1CC[C@H](C1)[C@@H]2N. The highest BCUT2D eigenvalue weighted by Gasteiger charge is 2.57. The van der Waals surface area contributed by atoms with E-state index in [-0.39, 0.29) is 0 Å². The summed E-state index contributed by atoms with van der Waals surface area (Å²) in [5.74, 6) is 2.59. The molecule has 0 amide bonds. The second kappa shape index (κ2) is 3.99. The molecule has 3 fully saturated rings. The van der Waals surface area contributed by atoms with Gasteiger partial charge < -0.3 is 10.5 Å². The molecule has 92 valence electrons. The number of methoxy groups -OCH3 is 1. The molecular weight excluding hydrogens is 198 g/mol. The van der Waals surface area contributed by atoms with Gasteiger partial charge in [0.15, 0.2) is 0 Å². The van der Waals surface area contributed by atoms with E-state index >= 15 is 0 Å². The van der Waals surface area contributed by atoms with Crippen LogP contribution in [0.25, 0.3) is 0 Å². The molecule has 3 rings (SSSR count). The molecule has 2 heteroatoms. The largest absolute Gasteiger partial charge is 0.384 e. The molecule has 0 aromatic heterocycles. The Balaban J connectivity index is 1.77. The van der Waals surface area contributed by atoms with Gasteiger partial charge in [0, 0.05) is 19.8 Å². The Morgan fingerprint density at radius 3 is 2.88 bits per heavy atom. The standard InChI is InChI=1S/C14H25NO/c1-16-9-10-3-2-6-14(8-10)12-5-4-11(7-12)13(14)15/h10-13H,2-9,15H2,1H3/t10?,11-,12+,13+,14-/m1/s1. The molecule has 3 aliphatic rings. The third-order valence-corrected chi connectivity index (χ3v) is 5.78. The number of hydrogen-bond donors (Lipinski definition) is 1. The minimum Gasteiger partial charge on any atom is -0.384 e. The van der Waals surface area contributed by atoms with Gasteiger partial charge in [0.05, 0.1) is 0 Å². The lowest BCUT2D eigenvalue weighted by Gasteiger charge is -2.47. The van der Waals surface area contributed by atoms with Crippen molar-refractivity contribution in [3.63, 3.8) is 0 Å². The summed E-state index contributed by atoms with van der Waals surface area (Å²) < 4.78 is 5.36. The van der Waals surface area contributed by atoms with E-state index < -0.39 is 0 Å². The molecule has 0 aromatic carbocycles. The maximum Gasteiger partial charge on any atom is 0.0490 e. The first-order chi connectivity index (χ1) is 7.76. The van der Waals surface area contributed by atoms with Crippen molar-refractivity contribution in [1.29, 1.82) is 0 Å². The van der Waals surface area contributed by atoms with Crippen LogP contribution in [0.3, 0.4) is 0 Å². The van der Waals surface area contributed by atoms with Gasteiger partial charge in [-0.15, -0.1) is 0 Å². The molecule has 0 radical (unpaired) electrons. The molecule has 0 aliphatic heterocycles. The van der Waals surface area contributed by atoms with Crippen molar-refractivity contribution in [2.45, 2.75) is 51.0 Å². The number of hydrogen-bond acceptors (Lipinski definition) is 2. The van der Waals surface area contributed by atoms with E-state index in [9.17, 15) is 0 Å². The van der Waals surface area contributed by atoms with Gasteiger partial charge >= 0.3 is 0 Å². The highest BCUT2D eigenvalue weighted by Crippen LogP contribution is 2.61. The van der Waals surface area contributed by atoms with E-state index in [1.54, 1.807) is 0 Å². The van der Waals surface area contributed by atoms with Crippen molar-refractivity contribution in [3.8, 4) is 0 Å². The van der Waals surface area contributed by atoms with Crippen molar-refractivity contribution in [2.24, 2.45) is 28.9 Å². The van der Waals surface area contributed by atoms with Crippen LogP contribution in [-0.4, -0.2) is 19.8 Å². The van der Waals surface area contributed by atoms with E-state index in [0.29, 0.717) is 11.5 Å². The van der Waals surface area contributed by atoms with E-state index in [1.807, 2.05) is 7.11 Å². The van der Waals surface area contributed by atoms with Crippen molar-refractivity contribution in [3.05, 3.63) is 0 Å². The average molecular weight is 223 g/mol. The van der Waals surface area contributed by atoms with Crippen LogP contribution in [-0.2, 0) is 4.74 Å². The molecule has 0 saturated heterocycles. The minimum absolute atomic E-state index is 0.505. The highest BCUT2D eigenvalue weighted by molar-refractivity contribution is 5.10. The summed E-state index contributed by atoms with van der Waals surface area (Å²) in [6, 6.07) is 0.505. The first kappa shape index (κ1) is 11.0. The zero-order valence-electron chi connectivity index (χ0n) is 10.5. The second-order valence-corrected chi connectivity index (χ2v) is 6.45. The molecule has 2 nitrogen and oxygen atoms in total. The normalized spacial score (nSPS) is 51.4. The number of fused-ring (bicyclic) bond motifs is 3. The van der Waals surface area contributed by atoms with Crippen LogP contribution < -0.4 is 5.73 Å². The molecule has 2 N–H and O–H groups in total. The predicted octanol–water partition coefficient (Wildman–Crippen LogP) is 2.57. The third-order valence-electron chi connectivity index (χ3n) is 5.78. The van der Waals surface area contributed by atoms with Crippen molar-refractivity contribution >= 4 is 0 Å². The van der Waals surface area contributed by atoms with Gasteiger partial charge in [-0.25, -0.2) is 0 Å². The first-order valence-corrected chi connectivity index (χ1v) is 7.01. The molecule has 3 aliphatic carbocycles. The van der Waals surface area contributed by atoms with Crippen LogP contribution in [0.4, 0.5) is 0 Å². The Morgan fingerprint density at radius 1 is 1.31 bits per heavy atom. The summed E-state index contributed by atoms with van der Waals surface area (Å²) in [5, 5.41) is 0. The monoisotopic (exact) mass is 223 g/mol. The second-order valence-electron chi connectivity index (χ2n) is 6.45. The molecular formula is C14H25NO. The van der Waals surface area contributed by atoms with Gasteiger partial charge in [0.25, 0.3) is 0 Å². The quantitative estimate of drug-likeness (QED) is 0.781. The van der Waals surface area contributed by atoms with Gasteiger partial charge in [0.1, 0.15) is 0 Å². The lowest BCUT2D eigenvalue weighted by molar-refractivity contribution is 0.0196. The molecule has 3 saturated carbocycles. The third kappa shape index (κ3) is 1.46. The minimum atomic E-state index is 0.505. The van der Waals surface area contributed by atoms with E-state index in [1.165, 1.54) is 44.9 Å². The summed E-state index contributed by atoms with van der Waals surface area (Å²) in [6.45, 7) is 0.950. The van der Waals surface area contributed by atoms with Crippen molar-refractivity contribution < 1.29 is 4.74 Å². The molecule has 2 bridgehead atoms. The zero-order chi connectivity index (χ0) is 11.2. The molecule has 0 heterocycles. The van der Waals surface area contributed by atoms with Crippen LogP contribution in [0.5, 0.6) is 0 Å². The maximum absolute atomic E-state index is 6.55. The zero-order valence-corrected chi connectivity index (χ0v) is 10.5. The van der Waals surface area contributed by atoms with E-state index in [2.05, 4.69) is 0 Å². The number of ether oxygens (including phenoxy) is 1. The van der Waals surface area contributed by atoms with Gasteiger partial charge in [-0.2, -0.15) is 0 Å². The fraction of sp³-hybridized carbons (Fsp3) is 1.00. The molecule has 1 unspecified atom stereocenters. The van der Waals surface area contributed by atoms with Crippen LogP contribution in [0.2, 0.25) is 0 Å². The first-order valence-electron chi connectivity index (χ1n) is 7.01. The van der Waals surface area contributed by atoms with Crippen LogP contribution in [0.15, 0.2) is 0 Å². The summed E-state index contributed by atoms with van der Waals surface area (Å²) in [7, 11) is 1.84. The molecule has 5 atom stereocenters. The van der Waals surface area contributed by atoms with Gasteiger partial charge in [-0.3, -0.25) is 0 Å². The Kier molecular flexibility index (Phi) is 2.75. The molecule has 0 aromatic rings. The Bertz CT molecular complexity index is 261. The summed E-state index contributed by atoms with van der Waals surface area (Å²) in [5.41, 5.74) is 7.07. The maximum atomic E-state index is 6.55. The Labute approximate surface area is 98.9 Å². The average Bonchev–Trinajstić information content (AvgIpc) is 2.84. The fourth-order valence-electron chi connectivity index (χ4n) is 5.12. The summed E-state index contributed by atoms with van der Waals surface area (Å²) >= 11 is 0. The lowest BCUT2D eigenvalue weighted by Crippen LogP contribution is -2.49. The van der Waals surface area contributed by atoms with Gasteiger partial charge in [0.2, 0.25) is 0 Å². The number of rotatable bonds is 2. The lowest BCUT2D eigenvalue weighted by atomic mass is 9.60. The Morgan fingerprint density at radius 2 is 2.19 bits per heavy atom. The van der Waals surface area contributed by atoms with Crippen LogP contribution in [0.1, 0.15) is 44.9 Å².